The Morgan fingerprint density at radius 2 is 1.96 bits per heavy atom. The van der Waals surface area contributed by atoms with E-state index in [4.69, 9.17) is 0 Å². The zero-order valence-electron chi connectivity index (χ0n) is 16.0. The Balaban J connectivity index is 2.53. The van der Waals surface area contributed by atoms with Crippen molar-refractivity contribution in [3.8, 4) is 11.8 Å². The first kappa shape index (κ1) is 19.9. The minimum Gasteiger partial charge on any atom is -0.349 e. The van der Waals surface area contributed by atoms with Crippen LogP contribution in [0.25, 0.3) is 11.8 Å². The predicted molar refractivity (Wildman–Crippen MR) is 104 cm³/mol. The largest absolute Gasteiger partial charge is 0.349 e. The number of aryl methyl sites for hydroxylation is 2. The number of aromatic nitrogens is 1. The van der Waals surface area contributed by atoms with E-state index in [1.54, 1.807) is 19.1 Å². The van der Waals surface area contributed by atoms with E-state index in [-0.39, 0.29) is 17.3 Å². The van der Waals surface area contributed by atoms with Crippen molar-refractivity contribution in [3.05, 3.63) is 62.5 Å². The molecule has 0 bridgehead atoms. The normalized spacial score (nSPS) is 11.4. The van der Waals surface area contributed by atoms with Gasteiger partial charge in [0.25, 0.3) is 11.6 Å². The molecule has 0 aliphatic carbocycles. The number of nitriles is 1. The average Bonchev–Trinajstić information content (AvgIpc) is 2.86. The summed E-state index contributed by atoms with van der Waals surface area (Å²) in [6, 6.07) is 8.75. The van der Waals surface area contributed by atoms with Gasteiger partial charge in [0, 0.05) is 29.1 Å². The van der Waals surface area contributed by atoms with Gasteiger partial charge in [0.15, 0.2) is 0 Å². The van der Waals surface area contributed by atoms with Crippen molar-refractivity contribution in [2.45, 2.75) is 40.7 Å². The molecule has 0 fully saturated rings. The average molecular weight is 366 g/mol. The Labute approximate surface area is 158 Å². The molecule has 2 aromatic rings. The van der Waals surface area contributed by atoms with Gasteiger partial charge in [-0.3, -0.25) is 14.9 Å². The van der Waals surface area contributed by atoms with E-state index >= 15 is 0 Å². The van der Waals surface area contributed by atoms with E-state index in [0.29, 0.717) is 16.8 Å². The third-order valence-corrected chi connectivity index (χ3v) is 4.20. The van der Waals surface area contributed by atoms with Gasteiger partial charge in [-0.25, -0.2) is 0 Å². The molecular formula is C20H22N4O3. The van der Waals surface area contributed by atoms with Crippen LogP contribution < -0.4 is 5.32 Å². The molecule has 7 nitrogen and oxygen atoms in total. The molecule has 0 saturated heterocycles. The summed E-state index contributed by atoms with van der Waals surface area (Å²) >= 11 is 0. The number of nitrogens with zero attached hydrogens (tertiary/aromatic N) is 3. The van der Waals surface area contributed by atoms with Crippen molar-refractivity contribution < 1.29 is 9.72 Å². The van der Waals surface area contributed by atoms with Crippen LogP contribution in [0, 0.1) is 42.2 Å². The Bertz CT molecular complexity index is 978. The smallest absolute Gasteiger partial charge is 0.274 e. The Morgan fingerprint density at radius 3 is 2.52 bits per heavy atom. The second kappa shape index (κ2) is 7.87. The quantitative estimate of drug-likeness (QED) is 0.377. The Kier molecular flexibility index (Phi) is 5.81. The van der Waals surface area contributed by atoms with Gasteiger partial charge in [-0.15, -0.1) is 0 Å². The van der Waals surface area contributed by atoms with Crippen LogP contribution >= 0.6 is 0 Å². The van der Waals surface area contributed by atoms with Crippen molar-refractivity contribution in [2.24, 2.45) is 0 Å². The third kappa shape index (κ3) is 4.23. The Morgan fingerprint density at radius 1 is 1.30 bits per heavy atom. The van der Waals surface area contributed by atoms with Crippen molar-refractivity contribution in [2.75, 3.05) is 0 Å². The number of hydrogen-bond donors (Lipinski definition) is 1. The number of amides is 1. The SMILES string of the molecule is Cc1ccc(-n2c(C)cc(/C=C(/C#N)C(=O)NC(C)C)c2C)cc1[N+](=O)[O-]. The zero-order chi connectivity index (χ0) is 20.3. The number of carbonyl (C=O) groups is 1. The molecule has 1 aromatic heterocycles. The van der Waals surface area contributed by atoms with Crippen LogP contribution in [-0.2, 0) is 4.79 Å². The molecule has 0 atom stereocenters. The highest BCUT2D eigenvalue weighted by molar-refractivity contribution is 6.02. The van der Waals surface area contributed by atoms with E-state index in [2.05, 4.69) is 5.32 Å². The predicted octanol–water partition coefficient (Wildman–Crippen LogP) is 3.74. The fourth-order valence-electron chi connectivity index (χ4n) is 2.91. The van der Waals surface area contributed by atoms with E-state index in [1.165, 1.54) is 6.07 Å². The molecule has 0 aliphatic heterocycles. The van der Waals surface area contributed by atoms with Crippen molar-refractivity contribution >= 4 is 17.7 Å². The molecule has 0 aliphatic rings. The molecular weight excluding hydrogens is 344 g/mol. The van der Waals surface area contributed by atoms with E-state index in [9.17, 15) is 20.2 Å². The van der Waals surface area contributed by atoms with E-state index in [0.717, 1.165) is 11.4 Å². The summed E-state index contributed by atoms with van der Waals surface area (Å²) in [6.45, 7) is 9.06. The number of carbonyl (C=O) groups excluding carboxylic acids is 1. The lowest BCUT2D eigenvalue weighted by molar-refractivity contribution is -0.385. The second-order valence-corrected chi connectivity index (χ2v) is 6.69. The van der Waals surface area contributed by atoms with Crippen LogP contribution in [0.4, 0.5) is 5.69 Å². The van der Waals surface area contributed by atoms with Gasteiger partial charge >= 0.3 is 0 Å². The summed E-state index contributed by atoms with van der Waals surface area (Å²) in [7, 11) is 0. The van der Waals surface area contributed by atoms with Gasteiger partial charge in [-0.05, 0) is 58.4 Å². The standard InChI is InChI=1S/C20H22N4O3/c1-12(2)22-20(25)17(11-21)9-16-8-14(4)23(15(16)5)18-7-6-13(3)19(10-18)24(26)27/h6-10,12H,1-5H3,(H,22,25)/b17-9-. The van der Waals surface area contributed by atoms with Gasteiger partial charge < -0.3 is 9.88 Å². The maximum Gasteiger partial charge on any atom is 0.274 e. The van der Waals surface area contributed by atoms with Crippen LogP contribution in [0.3, 0.4) is 0 Å². The molecule has 1 N–H and O–H groups in total. The van der Waals surface area contributed by atoms with Gasteiger partial charge in [0.1, 0.15) is 11.6 Å². The topological polar surface area (TPSA) is 101 Å². The maximum atomic E-state index is 12.1. The van der Waals surface area contributed by atoms with Gasteiger partial charge in [-0.2, -0.15) is 5.26 Å². The fourth-order valence-corrected chi connectivity index (χ4v) is 2.91. The van der Waals surface area contributed by atoms with Gasteiger partial charge in [0.2, 0.25) is 0 Å². The highest BCUT2D eigenvalue weighted by Gasteiger charge is 2.17. The number of nitrogens with one attached hydrogen (secondary N) is 1. The van der Waals surface area contributed by atoms with Crippen LogP contribution in [-0.4, -0.2) is 21.4 Å². The van der Waals surface area contributed by atoms with Crippen molar-refractivity contribution in [1.29, 1.82) is 5.26 Å². The van der Waals surface area contributed by atoms with Gasteiger partial charge in [-0.1, -0.05) is 6.07 Å². The van der Waals surface area contributed by atoms with E-state index < -0.39 is 10.8 Å². The maximum absolute atomic E-state index is 12.1. The van der Waals surface area contributed by atoms with Crippen LogP contribution in [0.15, 0.2) is 29.8 Å². The zero-order valence-corrected chi connectivity index (χ0v) is 16.0. The van der Waals surface area contributed by atoms with Crippen molar-refractivity contribution in [3.63, 3.8) is 0 Å². The second-order valence-electron chi connectivity index (χ2n) is 6.69. The Hall–Kier alpha value is -3.40. The summed E-state index contributed by atoms with van der Waals surface area (Å²) in [5.74, 6) is -0.428. The minimum atomic E-state index is -0.428. The molecule has 2 rings (SSSR count). The molecule has 1 aromatic carbocycles. The fraction of sp³-hybridized carbons (Fsp3) is 0.300. The minimum absolute atomic E-state index is 0.0128. The summed E-state index contributed by atoms with van der Waals surface area (Å²) < 4.78 is 1.87. The number of hydrogen-bond acceptors (Lipinski definition) is 4. The number of nitro benzene ring substituents is 1. The molecule has 140 valence electrons. The first-order valence-electron chi connectivity index (χ1n) is 8.52. The number of nitro groups is 1. The number of rotatable bonds is 5. The molecule has 27 heavy (non-hydrogen) atoms. The lowest BCUT2D eigenvalue weighted by atomic mass is 10.1. The summed E-state index contributed by atoms with van der Waals surface area (Å²) in [5.41, 5.74) is 3.65. The third-order valence-electron chi connectivity index (χ3n) is 4.20. The van der Waals surface area contributed by atoms with Crippen LogP contribution in [0.1, 0.15) is 36.4 Å². The first-order valence-corrected chi connectivity index (χ1v) is 8.52. The molecule has 0 unspecified atom stereocenters. The first-order chi connectivity index (χ1) is 12.6. The lowest BCUT2D eigenvalue weighted by Gasteiger charge is -2.10. The monoisotopic (exact) mass is 366 g/mol. The van der Waals surface area contributed by atoms with Gasteiger partial charge in [0.05, 0.1) is 10.6 Å². The highest BCUT2D eigenvalue weighted by atomic mass is 16.6. The summed E-state index contributed by atoms with van der Waals surface area (Å²) in [5, 5.41) is 23.3. The van der Waals surface area contributed by atoms with Crippen LogP contribution in [0.5, 0.6) is 0 Å². The molecule has 1 heterocycles. The molecule has 7 heteroatoms. The molecule has 1 amide bonds. The lowest BCUT2D eigenvalue weighted by Crippen LogP contribution is -2.30. The number of benzene rings is 1. The molecule has 0 spiro atoms. The summed E-state index contributed by atoms with van der Waals surface area (Å²) in [4.78, 5) is 23.0. The van der Waals surface area contributed by atoms with E-state index in [1.807, 2.05) is 50.5 Å². The van der Waals surface area contributed by atoms with Crippen LogP contribution in [0.2, 0.25) is 0 Å². The molecule has 0 saturated carbocycles. The van der Waals surface area contributed by atoms with Crippen molar-refractivity contribution in [1.82, 2.24) is 9.88 Å². The molecule has 0 radical (unpaired) electrons. The highest BCUT2D eigenvalue weighted by Crippen LogP contribution is 2.27. The summed E-state index contributed by atoms with van der Waals surface area (Å²) in [6.07, 6.45) is 1.54.